The van der Waals surface area contributed by atoms with E-state index in [9.17, 15) is 4.79 Å². The van der Waals surface area contributed by atoms with E-state index in [1.54, 1.807) is 0 Å². The summed E-state index contributed by atoms with van der Waals surface area (Å²) in [6, 6.07) is 0. The van der Waals surface area contributed by atoms with E-state index in [1.807, 2.05) is 0 Å². The predicted octanol–water partition coefficient (Wildman–Crippen LogP) is 5.43. The molecule has 138 valence electrons. The van der Waals surface area contributed by atoms with Crippen molar-refractivity contribution in [2.24, 2.45) is 5.92 Å². The highest BCUT2D eigenvalue weighted by atomic mass is 28.1. The lowest BCUT2D eigenvalue weighted by molar-refractivity contribution is -0.148. The van der Waals surface area contributed by atoms with Crippen molar-refractivity contribution in [3.8, 4) is 0 Å². The van der Waals surface area contributed by atoms with Crippen LogP contribution >= 0.6 is 0 Å². The molecule has 3 heteroatoms. The number of rotatable bonds is 15. The second-order valence-electron chi connectivity index (χ2n) is 7.58. The molecule has 0 aromatic carbocycles. The zero-order chi connectivity index (χ0) is 17.6. The molecule has 0 saturated carbocycles. The Kier molecular flexibility index (Phi) is 13.9. The first-order chi connectivity index (χ1) is 11.0. The standard InChI is InChI=1S/C20H42O2Si/c1-5-8-10-12-14-16-18(7-3)20(4,23)19(21)22-17-15-13-11-9-6-2/h18H,5-17H2,1-4,23H3. The van der Waals surface area contributed by atoms with Gasteiger partial charge in [-0.15, -0.1) is 0 Å². The Bertz CT molecular complexity index is 289. The summed E-state index contributed by atoms with van der Waals surface area (Å²) < 4.78 is 5.61. The zero-order valence-electron chi connectivity index (χ0n) is 16.6. The van der Waals surface area contributed by atoms with Crippen LogP contribution in [0.3, 0.4) is 0 Å². The van der Waals surface area contributed by atoms with E-state index >= 15 is 0 Å². The summed E-state index contributed by atoms with van der Waals surface area (Å²) in [6.45, 7) is 9.46. The van der Waals surface area contributed by atoms with Gasteiger partial charge in [-0.2, -0.15) is 0 Å². The second-order valence-corrected chi connectivity index (χ2v) is 9.66. The Morgan fingerprint density at radius 3 is 1.96 bits per heavy atom. The molecule has 0 fully saturated rings. The number of hydrogen-bond donors (Lipinski definition) is 0. The van der Waals surface area contributed by atoms with E-state index in [0.29, 0.717) is 12.5 Å². The van der Waals surface area contributed by atoms with Crippen molar-refractivity contribution in [3.05, 3.63) is 0 Å². The average Bonchev–Trinajstić information content (AvgIpc) is 2.53. The van der Waals surface area contributed by atoms with Crippen LogP contribution in [0.1, 0.15) is 105 Å². The summed E-state index contributed by atoms with van der Waals surface area (Å²) >= 11 is 0. The number of ether oxygens (including phenoxy) is 1. The SMILES string of the molecule is CCCCCCCOC(=O)C(C)([SiH3])C(CC)CCCCCCC. The van der Waals surface area contributed by atoms with Gasteiger partial charge in [0.2, 0.25) is 0 Å². The fourth-order valence-electron chi connectivity index (χ4n) is 3.29. The van der Waals surface area contributed by atoms with Crippen LogP contribution in [0.15, 0.2) is 0 Å². The molecule has 0 rings (SSSR count). The lowest BCUT2D eigenvalue weighted by Crippen LogP contribution is -2.31. The molecule has 0 N–H and O–H groups in total. The second kappa shape index (κ2) is 14.1. The van der Waals surface area contributed by atoms with Crippen molar-refractivity contribution in [2.75, 3.05) is 6.61 Å². The summed E-state index contributed by atoms with van der Waals surface area (Å²) in [7, 11) is 0.891. The molecule has 0 heterocycles. The smallest absolute Gasteiger partial charge is 0.308 e. The minimum atomic E-state index is -0.205. The molecule has 2 nitrogen and oxygen atoms in total. The average molecular weight is 343 g/mol. The van der Waals surface area contributed by atoms with Crippen LogP contribution in [-0.4, -0.2) is 22.8 Å². The normalized spacial score (nSPS) is 15.3. The van der Waals surface area contributed by atoms with Crippen LogP contribution < -0.4 is 0 Å². The van der Waals surface area contributed by atoms with E-state index in [0.717, 1.165) is 23.1 Å². The van der Waals surface area contributed by atoms with Crippen LogP contribution in [-0.2, 0) is 9.53 Å². The van der Waals surface area contributed by atoms with Crippen LogP contribution in [0.4, 0.5) is 0 Å². The van der Waals surface area contributed by atoms with Gasteiger partial charge in [0.05, 0.1) is 11.6 Å². The maximum absolute atomic E-state index is 12.5. The highest BCUT2D eigenvalue weighted by molar-refractivity contribution is 6.26. The molecular formula is C20H42O2Si. The van der Waals surface area contributed by atoms with Crippen molar-refractivity contribution in [2.45, 2.75) is 110 Å². The van der Waals surface area contributed by atoms with Gasteiger partial charge in [-0.05, 0) is 18.8 Å². The zero-order valence-corrected chi connectivity index (χ0v) is 18.6. The third-order valence-electron chi connectivity index (χ3n) is 5.18. The fraction of sp³-hybridized carbons (Fsp3) is 0.950. The molecule has 2 atom stereocenters. The lowest BCUT2D eigenvalue weighted by atomic mass is 9.85. The first-order valence-corrected chi connectivity index (χ1v) is 11.2. The van der Waals surface area contributed by atoms with Crippen LogP contribution in [0, 0.1) is 5.92 Å². The minimum Gasteiger partial charge on any atom is -0.466 e. The summed E-state index contributed by atoms with van der Waals surface area (Å²) in [5.74, 6) is 0.573. The third-order valence-corrected chi connectivity index (χ3v) is 6.40. The summed E-state index contributed by atoms with van der Waals surface area (Å²) in [6.07, 6.45) is 14.9. The summed E-state index contributed by atoms with van der Waals surface area (Å²) in [4.78, 5) is 12.5. The van der Waals surface area contributed by atoms with Crippen LogP contribution in [0.2, 0.25) is 5.04 Å². The Hall–Kier alpha value is -0.313. The van der Waals surface area contributed by atoms with Gasteiger partial charge in [-0.25, -0.2) is 0 Å². The molecule has 0 saturated heterocycles. The topological polar surface area (TPSA) is 26.3 Å². The van der Waals surface area contributed by atoms with Gasteiger partial charge in [-0.1, -0.05) is 91.9 Å². The van der Waals surface area contributed by atoms with E-state index in [2.05, 4.69) is 27.7 Å². The van der Waals surface area contributed by atoms with Gasteiger partial charge >= 0.3 is 5.97 Å². The molecule has 0 radical (unpaired) electrons. The third kappa shape index (κ3) is 10.2. The molecule has 2 unspecified atom stereocenters. The maximum Gasteiger partial charge on any atom is 0.308 e. The molecule has 0 amide bonds. The Morgan fingerprint density at radius 2 is 1.43 bits per heavy atom. The Morgan fingerprint density at radius 1 is 0.913 bits per heavy atom. The van der Waals surface area contributed by atoms with Crippen molar-refractivity contribution < 1.29 is 9.53 Å². The van der Waals surface area contributed by atoms with E-state index in [1.165, 1.54) is 64.2 Å². The molecule has 0 bridgehead atoms. The van der Waals surface area contributed by atoms with Crippen LogP contribution in [0.25, 0.3) is 0 Å². The molecule has 0 aromatic rings. The number of carbonyl (C=O) groups excluding carboxylic acids is 1. The highest BCUT2D eigenvalue weighted by Crippen LogP contribution is 2.38. The quantitative estimate of drug-likeness (QED) is 0.225. The Balaban J connectivity index is 4.08. The van der Waals surface area contributed by atoms with E-state index in [-0.39, 0.29) is 11.0 Å². The molecule has 23 heavy (non-hydrogen) atoms. The number of unbranched alkanes of at least 4 members (excludes halogenated alkanes) is 8. The highest BCUT2D eigenvalue weighted by Gasteiger charge is 2.36. The van der Waals surface area contributed by atoms with Crippen molar-refractivity contribution in [3.63, 3.8) is 0 Å². The molecular weight excluding hydrogens is 300 g/mol. The largest absolute Gasteiger partial charge is 0.466 e. The van der Waals surface area contributed by atoms with Gasteiger partial charge in [0, 0.05) is 10.2 Å². The molecule has 0 aliphatic carbocycles. The van der Waals surface area contributed by atoms with Crippen molar-refractivity contribution in [1.29, 1.82) is 0 Å². The summed E-state index contributed by atoms with van der Waals surface area (Å²) in [5.41, 5.74) is 0. The van der Waals surface area contributed by atoms with Gasteiger partial charge in [-0.3, -0.25) is 4.79 Å². The fourth-order valence-corrected chi connectivity index (χ4v) is 4.13. The monoisotopic (exact) mass is 342 g/mol. The predicted molar refractivity (Wildman–Crippen MR) is 105 cm³/mol. The number of esters is 1. The van der Waals surface area contributed by atoms with Gasteiger partial charge in [0.1, 0.15) is 0 Å². The first-order valence-electron chi connectivity index (χ1n) is 10.2. The number of carbonyl (C=O) groups is 1. The van der Waals surface area contributed by atoms with Crippen molar-refractivity contribution >= 4 is 16.2 Å². The van der Waals surface area contributed by atoms with Gasteiger partial charge in [0.15, 0.2) is 0 Å². The maximum atomic E-state index is 12.5. The molecule has 0 spiro atoms. The summed E-state index contributed by atoms with van der Waals surface area (Å²) in [5, 5.41) is -0.205. The van der Waals surface area contributed by atoms with E-state index in [4.69, 9.17) is 4.74 Å². The van der Waals surface area contributed by atoms with Gasteiger partial charge < -0.3 is 4.74 Å². The van der Waals surface area contributed by atoms with Gasteiger partial charge in [0.25, 0.3) is 0 Å². The lowest BCUT2D eigenvalue weighted by Gasteiger charge is -2.32. The van der Waals surface area contributed by atoms with E-state index < -0.39 is 0 Å². The van der Waals surface area contributed by atoms with Crippen molar-refractivity contribution in [1.82, 2.24) is 0 Å². The van der Waals surface area contributed by atoms with Crippen LogP contribution in [0.5, 0.6) is 0 Å². The molecule has 0 aromatic heterocycles. The number of hydrogen-bond acceptors (Lipinski definition) is 2. The minimum absolute atomic E-state index is 0.0695. The molecule has 0 aliphatic rings. The first kappa shape index (κ1) is 22.7. The Labute approximate surface area is 148 Å². The molecule has 0 aliphatic heterocycles.